The summed E-state index contributed by atoms with van der Waals surface area (Å²) in [4.78, 5) is 33.5. The molecule has 4 aromatic carbocycles. The van der Waals surface area contributed by atoms with Crippen LogP contribution in [0.15, 0.2) is 132 Å². The number of aromatic nitrogens is 1. The molecule has 0 spiro atoms. The zero-order chi connectivity index (χ0) is 48.7. The number of likely N-dealkylation sites (N-methyl/N-ethyl adjacent to an activating group) is 1. The molecule has 0 bridgehead atoms. The van der Waals surface area contributed by atoms with Crippen molar-refractivity contribution in [2.75, 3.05) is 34.0 Å². The van der Waals surface area contributed by atoms with Crippen molar-refractivity contribution in [1.82, 2.24) is 9.29 Å². The number of ether oxygens (including phenoxy) is 4. The zero-order valence-corrected chi connectivity index (χ0v) is 39.3. The predicted molar refractivity (Wildman–Crippen MR) is 258 cm³/mol. The number of benzene rings is 4. The van der Waals surface area contributed by atoms with E-state index in [4.69, 9.17) is 28.9 Å². The van der Waals surface area contributed by atoms with Crippen molar-refractivity contribution >= 4 is 38.6 Å². The molecule has 2 aliphatic carbocycles. The van der Waals surface area contributed by atoms with E-state index in [1.165, 1.54) is 36.7 Å². The van der Waals surface area contributed by atoms with Gasteiger partial charge in [-0.2, -0.15) is 4.31 Å². The molecule has 1 saturated carbocycles. The van der Waals surface area contributed by atoms with Crippen molar-refractivity contribution in [3.8, 4) is 23.0 Å². The molecule has 8 rings (SSSR count). The molecule has 0 radical (unpaired) electrons. The number of non-ortho nitro benzene ring substituents is 1. The highest BCUT2D eigenvalue weighted by Crippen LogP contribution is 2.62. The molecular formula is C52H56N4O12S. The Morgan fingerprint density at radius 1 is 0.986 bits per heavy atom. The second-order valence-electron chi connectivity index (χ2n) is 17.4. The lowest BCUT2D eigenvalue weighted by Crippen LogP contribution is -2.69. The van der Waals surface area contributed by atoms with Crippen molar-refractivity contribution in [1.29, 1.82) is 0 Å². The van der Waals surface area contributed by atoms with Crippen LogP contribution in [0.1, 0.15) is 72.3 Å². The number of aliphatic hydroxyl groups is 2. The third-order valence-electron chi connectivity index (χ3n) is 13.5. The van der Waals surface area contributed by atoms with Crippen LogP contribution in [0.3, 0.4) is 0 Å². The van der Waals surface area contributed by atoms with E-state index < -0.39 is 38.6 Å². The Bertz CT molecular complexity index is 2850. The smallest absolute Gasteiger partial charge is 0.269 e. The molecule has 2 N–H and O–H groups in total. The third kappa shape index (κ3) is 9.87. The molecule has 362 valence electrons. The second kappa shape index (κ2) is 21.4. The van der Waals surface area contributed by atoms with Gasteiger partial charge >= 0.3 is 0 Å². The SMILES string of the molecule is C=CCOC12Oc3ccc(Oc4ccc(OC)c(C=O)c4)cc3C3C(CCCCO)C(CCCCO)C=C(C(=NOCc4ccc([N+](=O)[O-])cc4)CC1N(C)S(=O)(=O)c1cccc4cccnc14)C32. The molecule has 5 aromatic rings. The Balaban J connectivity index is 1.33. The number of nitrogens with zero attached hydrogens (tertiary/aromatic N) is 4. The standard InChI is InChI=1S/C52H56N4O12S/c1-4-27-65-52-48(55(2)69(62,63)47-15-9-12-35-13-10-24-53-51(35)47)31-44(54-66-33-34-16-18-38(19-17-34)56(60)61)42-29-36(11-5-7-25-57)41(14-6-8-26-58)49(50(42)52)43-30-40(21-23-46(43)68-52)67-39-20-22-45(64-3)37(28-39)32-59/h4,9-10,12-13,15-24,28-30,32,36,41,48-50,57-58H,1,5-8,11,14,25-27,31,33H2,2-3H3. The van der Waals surface area contributed by atoms with Gasteiger partial charge in [-0.05, 0) is 109 Å². The van der Waals surface area contributed by atoms with Crippen molar-refractivity contribution in [3.63, 3.8) is 0 Å². The fourth-order valence-electron chi connectivity index (χ4n) is 10.3. The van der Waals surface area contributed by atoms with Gasteiger partial charge in [0.15, 0.2) is 6.29 Å². The molecule has 6 atom stereocenters. The number of hydrogen-bond acceptors (Lipinski definition) is 14. The van der Waals surface area contributed by atoms with Crippen LogP contribution in [0.2, 0.25) is 0 Å². The van der Waals surface area contributed by atoms with Crippen molar-refractivity contribution in [3.05, 3.63) is 148 Å². The normalized spacial score (nSPS) is 22.2. The highest BCUT2D eigenvalue weighted by Gasteiger charge is 2.66. The number of nitro benzene ring substituents is 1. The summed E-state index contributed by atoms with van der Waals surface area (Å²) in [6, 6.07) is 23.9. The van der Waals surface area contributed by atoms with Crippen LogP contribution in [-0.4, -0.2) is 90.6 Å². The Labute approximate surface area is 401 Å². The number of fused-ring (bicyclic) bond motifs is 3. The van der Waals surface area contributed by atoms with Crippen LogP contribution in [0.25, 0.3) is 10.9 Å². The molecule has 16 nitrogen and oxygen atoms in total. The number of carbonyl (C=O) groups is 1. The molecule has 69 heavy (non-hydrogen) atoms. The first-order valence-corrected chi connectivity index (χ1v) is 24.5. The number of oxime groups is 1. The summed E-state index contributed by atoms with van der Waals surface area (Å²) in [5.74, 6) is -1.35. The Kier molecular flexibility index (Phi) is 15.2. The van der Waals surface area contributed by atoms with E-state index in [0.717, 1.165) is 11.1 Å². The summed E-state index contributed by atoms with van der Waals surface area (Å²) in [5.41, 5.74) is 3.17. The maximum Gasteiger partial charge on any atom is 0.269 e. The van der Waals surface area contributed by atoms with Crippen molar-refractivity contribution in [2.45, 2.75) is 74.2 Å². The van der Waals surface area contributed by atoms with Crippen LogP contribution in [0.5, 0.6) is 23.0 Å². The molecular weight excluding hydrogens is 905 g/mol. The Morgan fingerprint density at radius 2 is 1.72 bits per heavy atom. The number of carbonyl (C=O) groups excluding carboxylic acids is 1. The lowest BCUT2D eigenvalue weighted by Gasteiger charge is -2.59. The van der Waals surface area contributed by atoms with Crippen LogP contribution >= 0.6 is 0 Å². The molecule has 1 fully saturated rings. The van der Waals surface area contributed by atoms with Gasteiger partial charge in [-0.25, -0.2) is 8.42 Å². The first-order chi connectivity index (χ1) is 33.5. The van der Waals surface area contributed by atoms with Gasteiger partial charge in [0.25, 0.3) is 5.69 Å². The van der Waals surface area contributed by atoms with Gasteiger partial charge in [-0.15, -0.1) is 6.58 Å². The number of aliphatic hydroxyl groups excluding tert-OH is 2. The van der Waals surface area contributed by atoms with Gasteiger partial charge < -0.3 is 34.0 Å². The van der Waals surface area contributed by atoms with E-state index in [-0.39, 0.29) is 55.3 Å². The Morgan fingerprint density at radius 3 is 2.45 bits per heavy atom. The van der Waals surface area contributed by atoms with Gasteiger partial charge in [-0.1, -0.05) is 48.3 Å². The van der Waals surface area contributed by atoms with Gasteiger partial charge in [0.05, 0.1) is 47.4 Å². The number of allylic oxidation sites excluding steroid dienone is 1. The summed E-state index contributed by atoms with van der Waals surface area (Å²) in [6.07, 6.45) is 9.92. The van der Waals surface area contributed by atoms with Crippen LogP contribution in [-0.2, 0) is 26.2 Å². The lowest BCUT2D eigenvalue weighted by atomic mass is 9.55. The first kappa shape index (κ1) is 48.9. The van der Waals surface area contributed by atoms with E-state index >= 15 is 8.42 Å². The monoisotopic (exact) mass is 960 g/mol. The van der Waals surface area contributed by atoms with E-state index in [2.05, 4.69) is 17.6 Å². The second-order valence-corrected chi connectivity index (χ2v) is 19.4. The van der Waals surface area contributed by atoms with Crippen LogP contribution in [0.4, 0.5) is 5.69 Å². The van der Waals surface area contributed by atoms with E-state index in [9.17, 15) is 25.1 Å². The Hall–Kier alpha value is -6.50. The summed E-state index contributed by atoms with van der Waals surface area (Å²) in [6.45, 7) is 3.96. The number of pyridine rings is 1. The minimum Gasteiger partial charge on any atom is -0.496 e. The number of nitro groups is 1. The van der Waals surface area contributed by atoms with Gasteiger partial charge in [0.1, 0.15) is 34.5 Å². The highest BCUT2D eigenvalue weighted by atomic mass is 32.2. The van der Waals surface area contributed by atoms with Crippen molar-refractivity contribution in [2.24, 2.45) is 22.9 Å². The number of sulfonamides is 1. The predicted octanol–water partition coefficient (Wildman–Crippen LogP) is 8.91. The third-order valence-corrected chi connectivity index (χ3v) is 15.4. The summed E-state index contributed by atoms with van der Waals surface area (Å²) in [7, 11) is -1.38. The molecule has 0 saturated heterocycles. The molecule has 1 aliphatic heterocycles. The largest absolute Gasteiger partial charge is 0.496 e. The van der Waals surface area contributed by atoms with Crippen LogP contribution < -0.4 is 14.2 Å². The number of rotatable bonds is 22. The summed E-state index contributed by atoms with van der Waals surface area (Å²) < 4.78 is 57.9. The number of methoxy groups -OCH3 is 1. The fraction of sp³-hybridized carbons (Fsp3) is 0.365. The van der Waals surface area contributed by atoms with Gasteiger partial charge in [-0.3, -0.25) is 19.9 Å². The lowest BCUT2D eigenvalue weighted by molar-refractivity contribution is -0.384. The summed E-state index contributed by atoms with van der Waals surface area (Å²) >= 11 is 0. The molecule has 3 aliphatic rings. The first-order valence-electron chi connectivity index (χ1n) is 23.0. The molecule has 6 unspecified atom stereocenters. The van der Waals surface area contributed by atoms with E-state index in [0.29, 0.717) is 95.6 Å². The molecule has 1 aromatic heterocycles. The van der Waals surface area contributed by atoms with Crippen LogP contribution in [0, 0.1) is 27.9 Å². The minimum absolute atomic E-state index is 0.00243. The topological polar surface area (TPSA) is 209 Å². The maximum absolute atomic E-state index is 15.3. The number of aldehydes is 1. The average Bonchev–Trinajstić information content (AvgIpc) is 3.36. The molecule has 2 heterocycles. The highest BCUT2D eigenvalue weighted by molar-refractivity contribution is 7.89. The number of unbranched alkanes of at least 4 members (excludes halogenated alkanes) is 2. The van der Waals surface area contributed by atoms with Gasteiger partial charge in [0.2, 0.25) is 15.8 Å². The number of para-hydroxylation sites is 1. The average molecular weight is 961 g/mol. The summed E-state index contributed by atoms with van der Waals surface area (Å²) in [5, 5.41) is 36.8. The van der Waals surface area contributed by atoms with Crippen molar-refractivity contribution < 1.29 is 52.1 Å². The molecule has 0 amide bonds. The minimum atomic E-state index is -4.38. The molecule has 17 heteroatoms. The zero-order valence-electron chi connectivity index (χ0n) is 38.5. The van der Waals surface area contributed by atoms with E-state index in [1.54, 1.807) is 79.0 Å². The quantitative estimate of drug-likeness (QED) is 0.0219. The maximum atomic E-state index is 15.3. The fourth-order valence-corrected chi connectivity index (χ4v) is 11.8. The van der Waals surface area contributed by atoms with E-state index in [1.807, 2.05) is 6.07 Å². The number of hydrogen-bond donors (Lipinski definition) is 2. The van der Waals surface area contributed by atoms with Gasteiger partial charge in [0, 0.05) is 61.9 Å².